The van der Waals surface area contributed by atoms with Gasteiger partial charge in [0.25, 0.3) is 0 Å². The molecule has 0 unspecified atom stereocenters. The molecule has 4 rings (SSSR count). The summed E-state index contributed by atoms with van der Waals surface area (Å²) in [5.41, 5.74) is -0.127. The van der Waals surface area contributed by atoms with Gasteiger partial charge in [-0.15, -0.1) is 0 Å². The second kappa shape index (κ2) is 52.9. The van der Waals surface area contributed by atoms with Gasteiger partial charge >= 0.3 is 0 Å². The van der Waals surface area contributed by atoms with Gasteiger partial charge in [0.2, 0.25) is 65.0 Å². The monoisotopic (exact) mass is 1720 g/mol. The largest absolute Gasteiger partial charge is 0.379 e. The first-order chi connectivity index (χ1) is 57.7. The van der Waals surface area contributed by atoms with Gasteiger partial charge in [-0.25, -0.2) is 5.90 Å². The number of likely N-dealkylation sites (N-methyl/N-ethyl adjacent to an activating group) is 4. The van der Waals surface area contributed by atoms with Gasteiger partial charge in [0.05, 0.1) is 105 Å². The average Bonchev–Trinajstić information content (AvgIpc) is 1.39. The van der Waals surface area contributed by atoms with E-state index in [0.29, 0.717) is 63.6 Å². The Morgan fingerprint density at radius 1 is 0.484 bits per heavy atom. The topological polar surface area (TPSA) is 373 Å². The van der Waals surface area contributed by atoms with E-state index in [9.17, 15) is 47.9 Å². The van der Waals surface area contributed by atoms with E-state index in [2.05, 4.69) is 42.1 Å². The van der Waals surface area contributed by atoms with Crippen LogP contribution in [0, 0.1) is 47.3 Å². The van der Waals surface area contributed by atoms with Crippen molar-refractivity contribution in [2.24, 2.45) is 53.2 Å². The number of carbonyl (C=O) groups excluding carboxylic acids is 11. The van der Waals surface area contributed by atoms with Crippen molar-refractivity contribution in [2.75, 3.05) is 117 Å². The fourth-order valence-corrected chi connectivity index (χ4v) is 17.7. The number of nitrogens with one attached hydrogen (secondary N) is 7. The second-order valence-electron chi connectivity index (χ2n) is 35.8. The number of nitrogens with zero attached hydrogens (tertiary/aromatic N) is 6. The van der Waals surface area contributed by atoms with Crippen molar-refractivity contribution < 1.29 is 81.3 Å². The third-order valence-electron chi connectivity index (χ3n) is 24.9. The molecule has 2 aromatic rings. The van der Waals surface area contributed by atoms with Crippen molar-refractivity contribution >= 4 is 65.0 Å². The number of nitrogens with two attached hydrogens (primary N) is 1. The number of unbranched alkanes of at least 4 members (excludes halogenated alkanes) is 1. The fourth-order valence-electron chi connectivity index (χ4n) is 17.7. The Morgan fingerprint density at radius 2 is 0.885 bits per heavy atom. The molecule has 31 nitrogen and oxygen atoms in total. The molecule has 2 aromatic carbocycles. The van der Waals surface area contributed by atoms with Crippen LogP contribution >= 0.6 is 0 Å². The minimum Gasteiger partial charge on any atom is -0.379 e. The molecule has 0 saturated carbocycles. The van der Waals surface area contributed by atoms with Crippen LogP contribution in [0.5, 0.6) is 0 Å². The number of ether oxygens (including phenoxy) is 5. The Kier molecular flexibility index (Phi) is 46.2. The molecule has 2 aliphatic rings. The summed E-state index contributed by atoms with van der Waals surface area (Å²) < 4.78 is 30.2. The molecule has 11 amide bonds. The third-order valence-corrected chi connectivity index (χ3v) is 24.9. The molecule has 2 saturated heterocycles. The molecule has 0 bridgehead atoms. The number of methoxy groups -OCH3 is 4. The van der Waals surface area contributed by atoms with Crippen molar-refractivity contribution in [3.05, 3.63) is 71.8 Å². The highest BCUT2D eigenvalue weighted by Crippen LogP contribution is 2.33. The molecule has 9 N–H and O–H groups in total. The van der Waals surface area contributed by atoms with Crippen LogP contribution in [0.15, 0.2) is 60.7 Å². The Morgan fingerprint density at radius 3 is 1.24 bits per heavy atom. The summed E-state index contributed by atoms with van der Waals surface area (Å²) in [6, 6.07) is 11.2. The zero-order valence-electron chi connectivity index (χ0n) is 78.3. The summed E-state index contributed by atoms with van der Waals surface area (Å²) in [6.45, 7) is 29.7. The first-order valence-electron chi connectivity index (χ1n) is 44.3. The molecule has 122 heavy (non-hydrogen) atoms. The van der Waals surface area contributed by atoms with Crippen LogP contribution in [-0.2, 0) is 94.1 Å². The third kappa shape index (κ3) is 30.8. The predicted octanol–water partition coefficient (Wildman–Crippen LogP) is 5.92. The molecule has 0 spiro atoms. The lowest BCUT2D eigenvalue weighted by molar-refractivity contribution is -0.148. The van der Waals surface area contributed by atoms with Gasteiger partial charge in [-0.2, -0.15) is 0 Å². The zero-order chi connectivity index (χ0) is 91.6. The molecule has 19 atom stereocenters. The molecule has 0 radical (unpaired) electrons. The van der Waals surface area contributed by atoms with Crippen molar-refractivity contribution in [1.29, 1.82) is 0 Å². The van der Waals surface area contributed by atoms with Gasteiger partial charge in [0, 0.05) is 81.6 Å². The van der Waals surface area contributed by atoms with Crippen LogP contribution in [0.3, 0.4) is 0 Å². The van der Waals surface area contributed by atoms with Crippen molar-refractivity contribution in [3.63, 3.8) is 0 Å². The predicted molar refractivity (Wildman–Crippen MR) is 472 cm³/mol. The van der Waals surface area contributed by atoms with Gasteiger partial charge < -0.3 is 85.3 Å². The van der Waals surface area contributed by atoms with E-state index in [1.807, 2.05) is 182 Å². The normalized spacial score (nSPS) is 18.9. The number of hydrogen-bond acceptors (Lipinski definition) is 20. The summed E-state index contributed by atoms with van der Waals surface area (Å²) in [5.74, 6) is -1.71. The van der Waals surface area contributed by atoms with Gasteiger partial charge in [-0.05, 0) is 127 Å². The first-order valence-corrected chi connectivity index (χ1v) is 44.3. The second-order valence-corrected chi connectivity index (χ2v) is 35.8. The number of carbonyl (C=O) groups is 11. The molecule has 31 heteroatoms. The van der Waals surface area contributed by atoms with E-state index in [1.165, 1.54) is 28.4 Å². The van der Waals surface area contributed by atoms with Crippen LogP contribution in [0.25, 0.3) is 0 Å². The summed E-state index contributed by atoms with van der Waals surface area (Å²) in [6.07, 6.45) is 1.03. The van der Waals surface area contributed by atoms with Crippen LogP contribution in [-0.4, -0.2) is 301 Å². The zero-order valence-corrected chi connectivity index (χ0v) is 78.3. The van der Waals surface area contributed by atoms with E-state index < -0.39 is 132 Å². The van der Waals surface area contributed by atoms with Crippen molar-refractivity contribution in [2.45, 2.75) is 278 Å². The van der Waals surface area contributed by atoms with E-state index in [1.54, 1.807) is 54.5 Å². The molecular weight excluding hydrogens is 1560 g/mol. The maximum Gasteiger partial charge on any atom is 0.245 e. The van der Waals surface area contributed by atoms with Crippen LogP contribution < -0.4 is 43.1 Å². The number of benzene rings is 2. The Balaban J connectivity index is 1.56. The van der Waals surface area contributed by atoms with E-state index in [4.69, 9.17) is 29.6 Å². The number of likely N-dealkylation sites (tertiary alicyclic amines) is 2. The van der Waals surface area contributed by atoms with E-state index in [0.717, 1.165) is 5.56 Å². The van der Waals surface area contributed by atoms with Gasteiger partial charge in [-0.1, -0.05) is 170 Å². The summed E-state index contributed by atoms with van der Waals surface area (Å²) in [5, 5.41) is 21.1. The fraction of sp³-hybridized carbons (Fsp3) is 0.747. The molecule has 0 aliphatic carbocycles. The van der Waals surface area contributed by atoms with Crippen LogP contribution in [0.4, 0.5) is 0 Å². The molecule has 0 aromatic heterocycles. The summed E-state index contributed by atoms with van der Waals surface area (Å²) in [7, 11) is 16.8. The molecule has 2 fully saturated rings. The van der Waals surface area contributed by atoms with E-state index >= 15 is 4.79 Å². The first kappa shape index (κ1) is 107. The SMILES string of the molecule is CC[C@H](C)[C@@H]([C@@H](CC(=O)N1CCC[C@H]1[C@H](OC)[C@@H](C)C(=O)N[C@@H](Cc1ccccc1)C(=O)NCCCC[C@](C)(NC(=O)[C@H](Cc1ccccc1)NC(=O)[C@H](C)[C@@H](OC)[C@@H]1CCCN1C(=O)C[C@@H](OC)[C@H]([C@@H](C)CC)N(C)C(=O)[C@@H](NC(=O)[C@H](C(C)C)N(C)C)C(C)C)C(=O)NCCOCCON)OC)N(C)C(=O)[C@@H](NC(=O)[C@H](C(C)C)N(C)C)C(C)C. The van der Waals surface area contributed by atoms with Gasteiger partial charge in [-0.3, -0.25) is 62.5 Å². The lowest BCUT2D eigenvalue weighted by Crippen LogP contribution is -2.62. The molecule has 2 heterocycles. The van der Waals surface area contributed by atoms with Crippen molar-refractivity contribution in [1.82, 2.24) is 66.6 Å². The standard InChI is InChI=1S/C91H156N14O17/c1-26-60(11)78(102(20)88(114)74(56(3)4)97-86(112)76(58(7)8)100(16)17)70(117-22)54-72(106)104-47-36-42-68(104)80(119-24)62(13)82(108)95-66(52-64-38-30-28-31-39-64)84(110)93-45-35-34-44-91(15,90(116)94-46-49-121-50-51-122-92)99-85(111)67(53-65-40-32-29-33-41-65)96-83(109)63(14)81(120-25)69-43-37-48-105(69)73(107)55-71(118-23)79(61(12)27-2)103(21)89(115)75(57(5)6)98-87(113)77(59(9)10)101(18)19/h28-33,38-41,56-63,66-71,74-81H,26-27,34-37,42-55,92H2,1-25H3,(H,93,110)(H,94,116)(H,95,108)(H,96,109)(H,97,112)(H,98,113)(H,99,111)/t60-,61-,62+,63+,66-,67-,68-,69-,70+,71+,74-,75-,76-,77-,78-,79-,80+,81+,91-/m0/s1. The lowest BCUT2D eigenvalue weighted by Gasteiger charge is -2.41. The van der Waals surface area contributed by atoms with Crippen LogP contribution in [0.1, 0.15) is 186 Å². The van der Waals surface area contributed by atoms with E-state index in [-0.39, 0.29) is 142 Å². The van der Waals surface area contributed by atoms with Crippen molar-refractivity contribution in [3.8, 4) is 0 Å². The molecule has 692 valence electrons. The molecule has 2 aliphatic heterocycles. The average molecular weight is 1720 g/mol. The number of hydrogen-bond donors (Lipinski definition) is 8. The minimum absolute atomic E-state index is 0.0187. The summed E-state index contributed by atoms with van der Waals surface area (Å²) >= 11 is 0. The highest BCUT2D eigenvalue weighted by molar-refractivity contribution is 5.96. The summed E-state index contributed by atoms with van der Waals surface area (Å²) in [4.78, 5) is 176. The maximum atomic E-state index is 15.2. The quantitative estimate of drug-likeness (QED) is 0.0281. The van der Waals surface area contributed by atoms with Gasteiger partial charge in [0.1, 0.15) is 29.7 Å². The number of rotatable bonds is 55. The Bertz CT molecular complexity index is 3550. The highest BCUT2D eigenvalue weighted by Gasteiger charge is 2.48. The highest BCUT2D eigenvalue weighted by atomic mass is 16.6. The smallest absolute Gasteiger partial charge is 0.245 e. The maximum absolute atomic E-state index is 15.2. The lowest BCUT2D eigenvalue weighted by atomic mass is 9.89. The number of amides is 11. The van der Waals surface area contributed by atoms with Gasteiger partial charge in [0.15, 0.2) is 0 Å². The Labute approximate surface area is 728 Å². The van der Waals surface area contributed by atoms with Crippen LogP contribution in [0.2, 0.25) is 0 Å². The minimum atomic E-state index is -1.62. The Hall–Kier alpha value is -7.75. The molecular formula is C91H156N14O17.